The van der Waals surface area contributed by atoms with Gasteiger partial charge in [0.05, 0.1) is 17.6 Å². The molecule has 88 valence electrons. The number of carboxylic acid groups (broad SMARTS) is 1. The Morgan fingerprint density at radius 2 is 2.06 bits per heavy atom. The molecule has 0 saturated heterocycles. The lowest BCUT2D eigenvalue weighted by atomic mass is 10.2. The molecule has 1 aromatic heterocycles. The average molecular weight is 234 g/mol. The lowest BCUT2D eigenvalue weighted by Gasteiger charge is -2.08. The van der Waals surface area contributed by atoms with Crippen LogP contribution in [0.4, 0.5) is 0 Å². The molecule has 6 heteroatoms. The van der Waals surface area contributed by atoms with Crippen molar-refractivity contribution in [1.82, 2.24) is 9.55 Å². The van der Waals surface area contributed by atoms with E-state index < -0.39 is 17.2 Å². The van der Waals surface area contributed by atoms with E-state index in [0.717, 1.165) is 0 Å². The molecule has 0 radical (unpaired) electrons. The first-order valence-electron chi connectivity index (χ1n) is 4.99. The minimum atomic E-state index is -1.37. The van der Waals surface area contributed by atoms with Gasteiger partial charge in [-0.2, -0.15) is 0 Å². The van der Waals surface area contributed by atoms with Gasteiger partial charge in [0.1, 0.15) is 0 Å². The van der Waals surface area contributed by atoms with Crippen LogP contribution in [-0.2, 0) is 6.54 Å². The van der Waals surface area contributed by atoms with E-state index in [1.165, 1.54) is 4.57 Å². The molecule has 2 N–H and O–H groups in total. The third-order valence-electron chi connectivity index (χ3n) is 2.38. The minimum absolute atomic E-state index is 0.0438. The van der Waals surface area contributed by atoms with E-state index in [0.29, 0.717) is 11.0 Å². The Kier molecular flexibility index (Phi) is 2.88. The number of aromatic nitrogens is 2. The highest BCUT2D eigenvalue weighted by Gasteiger charge is 2.15. The molecule has 0 aliphatic rings. The molecular weight excluding hydrogens is 224 g/mol. The summed E-state index contributed by atoms with van der Waals surface area (Å²) >= 11 is 0. The van der Waals surface area contributed by atoms with Crippen molar-refractivity contribution in [1.29, 1.82) is 0 Å². The molecule has 17 heavy (non-hydrogen) atoms. The molecule has 0 aliphatic carbocycles. The maximum Gasteiger partial charge on any atom is 0.360 e. The number of hydrogen-bond acceptors (Lipinski definition) is 4. The Balaban J connectivity index is 2.85. The van der Waals surface area contributed by atoms with Crippen molar-refractivity contribution in [3.63, 3.8) is 0 Å². The minimum Gasteiger partial charge on any atom is -0.476 e. The van der Waals surface area contributed by atoms with E-state index in [1.54, 1.807) is 24.3 Å². The van der Waals surface area contributed by atoms with Gasteiger partial charge in [-0.3, -0.25) is 4.79 Å². The molecule has 0 aliphatic heterocycles. The second kappa shape index (κ2) is 4.34. The molecule has 0 atom stereocenters. The van der Waals surface area contributed by atoms with Crippen LogP contribution >= 0.6 is 0 Å². The van der Waals surface area contributed by atoms with Crippen molar-refractivity contribution in [2.24, 2.45) is 0 Å². The predicted molar refractivity (Wildman–Crippen MR) is 60.0 cm³/mol. The summed E-state index contributed by atoms with van der Waals surface area (Å²) in [6.45, 7) is -0.199. The second-order valence-corrected chi connectivity index (χ2v) is 3.43. The molecule has 0 fully saturated rings. The molecule has 2 rings (SSSR count). The van der Waals surface area contributed by atoms with Gasteiger partial charge in [0.15, 0.2) is 0 Å². The van der Waals surface area contributed by atoms with Gasteiger partial charge in [0.25, 0.3) is 5.56 Å². The molecule has 0 unspecified atom stereocenters. The molecule has 0 spiro atoms. The quantitative estimate of drug-likeness (QED) is 0.785. The lowest BCUT2D eigenvalue weighted by Crippen LogP contribution is -2.29. The molecular formula is C11H10N2O4. The zero-order valence-electron chi connectivity index (χ0n) is 8.83. The van der Waals surface area contributed by atoms with Crippen molar-refractivity contribution < 1.29 is 15.0 Å². The summed E-state index contributed by atoms with van der Waals surface area (Å²) in [6.07, 6.45) is 0. The van der Waals surface area contributed by atoms with E-state index in [2.05, 4.69) is 4.98 Å². The molecule has 0 amide bonds. The lowest BCUT2D eigenvalue weighted by molar-refractivity contribution is 0.0688. The zero-order valence-corrected chi connectivity index (χ0v) is 8.83. The third kappa shape index (κ3) is 1.90. The number of para-hydroxylation sites is 2. The van der Waals surface area contributed by atoms with E-state index in [-0.39, 0.29) is 13.2 Å². The molecule has 6 nitrogen and oxygen atoms in total. The summed E-state index contributed by atoms with van der Waals surface area (Å²) in [7, 11) is 0. The fourth-order valence-electron chi connectivity index (χ4n) is 1.65. The summed E-state index contributed by atoms with van der Waals surface area (Å²) < 4.78 is 1.21. The largest absolute Gasteiger partial charge is 0.476 e. The number of benzene rings is 1. The highest BCUT2D eigenvalue weighted by atomic mass is 16.4. The number of rotatable bonds is 3. The number of aromatic carboxylic acids is 1. The van der Waals surface area contributed by atoms with Crippen LogP contribution in [0.15, 0.2) is 29.1 Å². The van der Waals surface area contributed by atoms with Crippen LogP contribution in [0.5, 0.6) is 0 Å². The average Bonchev–Trinajstić information content (AvgIpc) is 2.32. The van der Waals surface area contributed by atoms with Crippen LogP contribution in [0.3, 0.4) is 0 Å². The molecule has 0 saturated carbocycles. The zero-order chi connectivity index (χ0) is 12.4. The number of hydrogen-bond donors (Lipinski definition) is 2. The van der Waals surface area contributed by atoms with Gasteiger partial charge < -0.3 is 14.8 Å². The predicted octanol–water partition coefficient (Wildman–Crippen LogP) is 0.0870. The van der Waals surface area contributed by atoms with Crippen molar-refractivity contribution in [2.75, 3.05) is 6.61 Å². The van der Waals surface area contributed by atoms with Crippen LogP contribution in [-0.4, -0.2) is 32.3 Å². The maximum absolute atomic E-state index is 11.8. The maximum atomic E-state index is 11.8. The van der Waals surface area contributed by atoms with Gasteiger partial charge in [0.2, 0.25) is 5.69 Å². The van der Waals surface area contributed by atoms with Crippen LogP contribution < -0.4 is 5.56 Å². The number of carboxylic acids is 1. The molecule has 2 aromatic rings. The normalized spacial score (nSPS) is 10.6. The van der Waals surface area contributed by atoms with Gasteiger partial charge >= 0.3 is 5.97 Å². The van der Waals surface area contributed by atoms with Gasteiger partial charge in [-0.1, -0.05) is 12.1 Å². The van der Waals surface area contributed by atoms with Crippen LogP contribution in [0.1, 0.15) is 10.5 Å². The van der Waals surface area contributed by atoms with Crippen LogP contribution in [0, 0.1) is 0 Å². The van der Waals surface area contributed by atoms with Gasteiger partial charge in [-0.05, 0) is 12.1 Å². The molecule has 0 bridgehead atoms. The van der Waals surface area contributed by atoms with E-state index in [4.69, 9.17) is 10.2 Å². The fourth-order valence-corrected chi connectivity index (χ4v) is 1.65. The number of carbonyl (C=O) groups is 1. The first kappa shape index (κ1) is 11.3. The van der Waals surface area contributed by atoms with Gasteiger partial charge in [-0.15, -0.1) is 0 Å². The third-order valence-corrected chi connectivity index (χ3v) is 2.38. The van der Waals surface area contributed by atoms with Crippen molar-refractivity contribution in [3.8, 4) is 0 Å². The second-order valence-electron chi connectivity index (χ2n) is 3.43. The summed E-state index contributed by atoms with van der Waals surface area (Å²) in [6, 6.07) is 6.70. The highest BCUT2D eigenvalue weighted by molar-refractivity contribution is 5.88. The Morgan fingerprint density at radius 1 is 1.35 bits per heavy atom. The Morgan fingerprint density at radius 3 is 2.71 bits per heavy atom. The molecule has 1 heterocycles. The van der Waals surface area contributed by atoms with E-state index in [1.807, 2.05) is 0 Å². The summed E-state index contributed by atoms with van der Waals surface area (Å²) in [5.74, 6) is -1.37. The summed E-state index contributed by atoms with van der Waals surface area (Å²) in [5.41, 5.74) is -0.308. The Hall–Kier alpha value is -2.21. The Labute approximate surface area is 95.8 Å². The number of aliphatic hydroxyl groups excluding tert-OH is 1. The van der Waals surface area contributed by atoms with Crippen molar-refractivity contribution >= 4 is 17.0 Å². The Bertz CT molecular complexity index is 633. The molecule has 1 aromatic carbocycles. The monoisotopic (exact) mass is 234 g/mol. The van der Waals surface area contributed by atoms with Gasteiger partial charge in [0, 0.05) is 6.54 Å². The van der Waals surface area contributed by atoms with Gasteiger partial charge in [-0.25, -0.2) is 9.78 Å². The number of aliphatic hydroxyl groups is 1. The van der Waals surface area contributed by atoms with Crippen LogP contribution in [0.25, 0.3) is 11.0 Å². The smallest absolute Gasteiger partial charge is 0.360 e. The fraction of sp³-hybridized carbons (Fsp3) is 0.182. The topological polar surface area (TPSA) is 92.4 Å². The summed E-state index contributed by atoms with van der Waals surface area (Å²) in [4.78, 5) is 26.5. The first-order chi connectivity index (χ1) is 8.15. The highest BCUT2D eigenvalue weighted by Crippen LogP contribution is 2.09. The van der Waals surface area contributed by atoms with E-state index >= 15 is 0 Å². The standard InChI is InChI=1S/C11H10N2O4/c14-6-5-13-8-4-2-1-3-7(8)12-9(10(13)15)11(16)17/h1-4,14H,5-6H2,(H,16,17). The van der Waals surface area contributed by atoms with Crippen LogP contribution in [0.2, 0.25) is 0 Å². The SMILES string of the molecule is O=C(O)c1nc2ccccc2n(CCO)c1=O. The van der Waals surface area contributed by atoms with Crippen molar-refractivity contribution in [2.45, 2.75) is 6.54 Å². The van der Waals surface area contributed by atoms with E-state index in [9.17, 15) is 9.59 Å². The summed E-state index contributed by atoms with van der Waals surface area (Å²) in [5, 5.41) is 17.8. The van der Waals surface area contributed by atoms with Crippen molar-refractivity contribution in [3.05, 3.63) is 40.3 Å². The number of fused-ring (bicyclic) bond motifs is 1. The number of nitrogens with zero attached hydrogens (tertiary/aromatic N) is 2. The first-order valence-corrected chi connectivity index (χ1v) is 4.99.